The molecule has 2 aromatic heterocycles. The van der Waals surface area contributed by atoms with Crippen molar-refractivity contribution in [2.75, 3.05) is 11.1 Å². The molecule has 0 aromatic carbocycles. The lowest BCUT2D eigenvalue weighted by Crippen LogP contribution is -2.08. The predicted molar refractivity (Wildman–Crippen MR) is 58.6 cm³/mol. The molecule has 0 radical (unpaired) electrons. The molecule has 15 heavy (non-hydrogen) atoms. The highest BCUT2D eigenvalue weighted by Gasteiger charge is 2.33. The first-order chi connectivity index (χ1) is 7.24. The normalized spacial score (nSPS) is 24.3. The van der Waals surface area contributed by atoms with E-state index in [0.29, 0.717) is 11.9 Å². The van der Waals surface area contributed by atoms with Gasteiger partial charge < -0.3 is 15.5 Å². The summed E-state index contributed by atoms with van der Waals surface area (Å²) in [5.74, 6) is 2.02. The van der Waals surface area contributed by atoms with Crippen molar-refractivity contribution >= 4 is 17.3 Å². The van der Waals surface area contributed by atoms with E-state index in [2.05, 4.69) is 22.2 Å². The lowest BCUT2D eigenvalue weighted by atomic mass is 10.4. The lowest BCUT2D eigenvalue weighted by molar-refractivity contribution is 0.922. The van der Waals surface area contributed by atoms with Crippen LogP contribution in [0.2, 0.25) is 0 Å². The quantitative estimate of drug-likeness (QED) is 0.767. The smallest absolute Gasteiger partial charge is 0.180 e. The summed E-state index contributed by atoms with van der Waals surface area (Å²) in [5, 5.41) is 3.36. The van der Waals surface area contributed by atoms with Crippen molar-refractivity contribution < 1.29 is 0 Å². The van der Waals surface area contributed by atoms with Gasteiger partial charge in [-0.15, -0.1) is 0 Å². The van der Waals surface area contributed by atoms with E-state index in [1.165, 1.54) is 6.42 Å². The summed E-state index contributed by atoms with van der Waals surface area (Å²) in [6, 6.07) is 0.528. The van der Waals surface area contributed by atoms with Crippen LogP contribution in [0.25, 0.3) is 5.65 Å². The van der Waals surface area contributed by atoms with Gasteiger partial charge in [-0.2, -0.15) is 0 Å². The molecule has 78 valence electrons. The zero-order valence-electron chi connectivity index (χ0n) is 8.51. The minimum atomic E-state index is 0.510. The summed E-state index contributed by atoms with van der Waals surface area (Å²) in [6.07, 6.45) is 6.58. The van der Waals surface area contributed by atoms with Gasteiger partial charge >= 0.3 is 0 Å². The van der Waals surface area contributed by atoms with E-state index < -0.39 is 0 Å². The molecule has 1 aliphatic rings. The number of fused-ring (bicyclic) bond motifs is 1. The molecule has 0 amide bonds. The van der Waals surface area contributed by atoms with Crippen molar-refractivity contribution in [3.63, 3.8) is 0 Å². The predicted octanol–water partition coefficient (Wildman–Crippen LogP) is 1.13. The summed E-state index contributed by atoms with van der Waals surface area (Å²) in [5.41, 5.74) is 6.55. The molecule has 1 aliphatic carbocycles. The Balaban J connectivity index is 2.03. The van der Waals surface area contributed by atoms with Gasteiger partial charge in [-0.1, -0.05) is 6.92 Å². The summed E-state index contributed by atoms with van der Waals surface area (Å²) in [6.45, 7) is 2.22. The Morgan fingerprint density at radius 3 is 3.13 bits per heavy atom. The van der Waals surface area contributed by atoms with Crippen molar-refractivity contribution in [2.45, 2.75) is 19.4 Å². The van der Waals surface area contributed by atoms with E-state index in [0.717, 1.165) is 17.4 Å². The molecule has 2 unspecified atom stereocenters. The molecule has 5 heteroatoms. The second-order valence-corrected chi connectivity index (χ2v) is 4.14. The van der Waals surface area contributed by atoms with Crippen molar-refractivity contribution in [3.8, 4) is 0 Å². The summed E-state index contributed by atoms with van der Waals surface area (Å²) < 4.78 is 1.89. The molecular weight excluding hydrogens is 190 g/mol. The van der Waals surface area contributed by atoms with E-state index >= 15 is 0 Å². The van der Waals surface area contributed by atoms with Crippen molar-refractivity contribution in [2.24, 2.45) is 5.92 Å². The number of nitrogens with two attached hydrogens (primary N) is 1. The minimum absolute atomic E-state index is 0.510. The molecule has 1 fully saturated rings. The maximum atomic E-state index is 5.71. The van der Waals surface area contributed by atoms with Gasteiger partial charge in [-0.3, -0.25) is 0 Å². The first-order valence-corrected chi connectivity index (χ1v) is 5.10. The number of hydrogen-bond acceptors (Lipinski definition) is 4. The van der Waals surface area contributed by atoms with Gasteiger partial charge in [0.2, 0.25) is 0 Å². The minimum Gasteiger partial charge on any atom is -0.382 e. The molecule has 0 saturated heterocycles. The Kier molecular flexibility index (Phi) is 1.62. The van der Waals surface area contributed by atoms with E-state index in [4.69, 9.17) is 5.73 Å². The zero-order valence-corrected chi connectivity index (χ0v) is 8.51. The van der Waals surface area contributed by atoms with Gasteiger partial charge in [0.25, 0.3) is 0 Å². The maximum Gasteiger partial charge on any atom is 0.180 e. The number of anilines is 2. The third-order valence-corrected chi connectivity index (χ3v) is 2.82. The average Bonchev–Trinajstić information content (AvgIpc) is 2.71. The van der Waals surface area contributed by atoms with Crippen LogP contribution in [-0.2, 0) is 0 Å². The van der Waals surface area contributed by atoms with Crippen molar-refractivity contribution in [3.05, 3.63) is 18.6 Å². The number of hydrogen-bond donors (Lipinski definition) is 2. The number of imidazole rings is 1. The van der Waals surface area contributed by atoms with E-state index in [9.17, 15) is 0 Å². The van der Waals surface area contributed by atoms with Gasteiger partial charge in [0.1, 0.15) is 5.82 Å². The number of rotatable bonds is 2. The fourth-order valence-electron chi connectivity index (χ4n) is 1.75. The Bertz CT molecular complexity index is 503. The van der Waals surface area contributed by atoms with Crippen molar-refractivity contribution in [1.82, 2.24) is 14.4 Å². The van der Waals surface area contributed by atoms with Gasteiger partial charge in [-0.25, -0.2) is 9.97 Å². The summed E-state index contributed by atoms with van der Waals surface area (Å²) >= 11 is 0. The van der Waals surface area contributed by atoms with E-state index in [1.807, 2.05) is 10.6 Å². The van der Waals surface area contributed by atoms with Gasteiger partial charge in [0, 0.05) is 18.4 Å². The summed E-state index contributed by atoms with van der Waals surface area (Å²) in [7, 11) is 0. The Morgan fingerprint density at radius 2 is 2.40 bits per heavy atom. The second-order valence-electron chi connectivity index (χ2n) is 4.14. The Hall–Kier alpha value is -1.78. The standard InChI is InChI=1S/C10H13N5/c1-6-4-7(6)13-9-10-12-2-3-15(10)5-8(11)14-9/h2-3,5-7H,4,11H2,1H3,(H,13,14). The molecule has 3 rings (SSSR count). The van der Waals surface area contributed by atoms with Crippen LogP contribution in [-0.4, -0.2) is 20.4 Å². The summed E-state index contributed by atoms with van der Waals surface area (Å²) in [4.78, 5) is 8.52. The molecule has 2 aromatic rings. The maximum absolute atomic E-state index is 5.71. The molecule has 1 saturated carbocycles. The molecule has 2 atom stereocenters. The van der Waals surface area contributed by atoms with Gasteiger partial charge in [0.05, 0.1) is 6.20 Å². The first-order valence-electron chi connectivity index (χ1n) is 5.10. The average molecular weight is 203 g/mol. The second kappa shape index (κ2) is 2.85. The molecule has 2 heterocycles. The van der Waals surface area contributed by atoms with Crippen LogP contribution in [0.4, 0.5) is 11.6 Å². The highest BCUT2D eigenvalue weighted by molar-refractivity contribution is 5.65. The van der Waals surface area contributed by atoms with Gasteiger partial charge in [0.15, 0.2) is 11.5 Å². The highest BCUT2D eigenvalue weighted by atomic mass is 15.1. The number of nitrogen functional groups attached to an aromatic ring is 1. The van der Waals surface area contributed by atoms with Crippen LogP contribution in [0, 0.1) is 5.92 Å². The molecule has 0 aliphatic heterocycles. The number of nitrogens with zero attached hydrogens (tertiary/aromatic N) is 3. The zero-order chi connectivity index (χ0) is 10.4. The number of aromatic nitrogens is 3. The van der Waals surface area contributed by atoms with Gasteiger partial charge in [-0.05, 0) is 12.3 Å². The van der Waals surface area contributed by atoms with Crippen LogP contribution in [0.1, 0.15) is 13.3 Å². The Morgan fingerprint density at radius 1 is 1.60 bits per heavy atom. The molecule has 0 bridgehead atoms. The highest BCUT2D eigenvalue weighted by Crippen LogP contribution is 2.33. The molecule has 3 N–H and O–H groups in total. The van der Waals surface area contributed by atoms with Crippen molar-refractivity contribution in [1.29, 1.82) is 0 Å². The third kappa shape index (κ3) is 1.40. The lowest BCUT2D eigenvalue weighted by Gasteiger charge is -2.06. The van der Waals surface area contributed by atoms with Crippen LogP contribution < -0.4 is 11.1 Å². The molecule has 0 spiro atoms. The van der Waals surface area contributed by atoms with Crippen LogP contribution in [0.15, 0.2) is 18.6 Å². The Labute approximate surface area is 87.3 Å². The van der Waals surface area contributed by atoms with Crippen LogP contribution in [0.3, 0.4) is 0 Å². The monoisotopic (exact) mass is 203 g/mol. The number of nitrogens with one attached hydrogen (secondary N) is 1. The first kappa shape index (κ1) is 8.52. The van der Waals surface area contributed by atoms with E-state index in [-0.39, 0.29) is 0 Å². The van der Waals surface area contributed by atoms with Crippen LogP contribution >= 0.6 is 0 Å². The largest absolute Gasteiger partial charge is 0.382 e. The fraction of sp³-hybridized carbons (Fsp3) is 0.400. The third-order valence-electron chi connectivity index (χ3n) is 2.82. The topological polar surface area (TPSA) is 68.2 Å². The molecular formula is C10H13N5. The SMILES string of the molecule is CC1CC1Nc1nc(N)cn2ccnc12. The fourth-order valence-corrected chi connectivity index (χ4v) is 1.75. The van der Waals surface area contributed by atoms with Crippen LogP contribution in [0.5, 0.6) is 0 Å². The van der Waals surface area contributed by atoms with E-state index in [1.54, 1.807) is 12.4 Å². The molecule has 5 nitrogen and oxygen atoms in total.